The number of rotatable bonds is 11. The van der Waals surface area contributed by atoms with Crippen LogP contribution < -0.4 is 4.90 Å². The highest BCUT2D eigenvalue weighted by Crippen LogP contribution is 2.34. The maximum atomic E-state index is 10.6. The van der Waals surface area contributed by atoms with Gasteiger partial charge in [0.05, 0.1) is 6.10 Å². The van der Waals surface area contributed by atoms with E-state index in [4.69, 9.17) is 6.57 Å². The van der Waals surface area contributed by atoms with Crippen LogP contribution in [0.15, 0.2) is 24.3 Å². The van der Waals surface area contributed by atoms with Crippen molar-refractivity contribution in [2.24, 2.45) is 0 Å². The van der Waals surface area contributed by atoms with Gasteiger partial charge in [-0.05, 0) is 30.5 Å². The van der Waals surface area contributed by atoms with Crippen LogP contribution in [0, 0.1) is 6.57 Å². The molecule has 1 aliphatic heterocycles. The normalized spacial score (nSPS) is 20.9. The van der Waals surface area contributed by atoms with Crippen molar-refractivity contribution in [2.75, 3.05) is 11.4 Å². The molecule has 1 aromatic rings. The lowest BCUT2D eigenvalue weighted by Crippen LogP contribution is -2.35. The molecule has 1 heterocycles. The van der Waals surface area contributed by atoms with Crippen molar-refractivity contribution >= 4 is 5.69 Å². The lowest BCUT2D eigenvalue weighted by molar-refractivity contribution is 0.0890. The Bertz CT molecular complexity index is 616. The summed E-state index contributed by atoms with van der Waals surface area (Å²) >= 11 is 0. The molecule has 3 unspecified atom stereocenters. The Morgan fingerprint density at radius 1 is 1.11 bits per heavy atom. The number of anilines is 1. The van der Waals surface area contributed by atoms with Crippen LogP contribution in [0.4, 0.5) is 5.69 Å². The minimum absolute atomic E-state index is 0.133. The van der Waals surface area contributed by atoms with Crippen LogP contribution in [0.5, 0.6) is 0 Å². The Morgan fingerprint density at radius 3 is 2.39 bits per heavy atom. The molecule has 1 N–H and O–H groups in total. The number of nitrogens with zero attached hydrogens (tertiary/aromatic N) is 2. The van der Waals surface area contributed by atoms with E-state index in [2.05, 4.69) is 61.7 Å². The molecule has 1 aliphatic rings. The average molecular weight is 385 g/mol. The fraction of sp³-hybridized carbons (Fsp3) is 0.720. The van der Waals surface area contributed by atoms with Gasteiger partial charge in [-0.2, -0.15) is 0 Å². The highest BCUT2D eigenvalue weighted by Gasteiger charge is 2.38. The van der Waals surface area contributed by atoms with Gasteiger partial charge in [0.1, 0.15) is 6.04 Å². The molecule has 0 saturated carbocycles. The highest BCUT2D eigenvalue weighted by molar-refractivity contribution is 5.51. The molecule has 3 atom stereocenters. The van der Waals surface area contributed by atoms with Gasteiger partial charge in [-0.3, -0.25) is 0 Å². The third-order valence-corrected chi connectivity index (χ3v) is 6.64. The van der Waals surface area contributed by atoms with Crippen LogP contribution in [0.3, 0.4) is 0 Å². The fourth-order valence-electron chi connectivity index (χ4n) is 4.47. The first-order chi connectivity index (χ1) is 13.5. The monoisotopic (exact) mass is 384 g/mol. The third-order valence-electron chi connectivity index (χ3n) is 6.64. The Labute approximate surface area is 173 Å². The van der Waals surface area contributed by atoms with E-state index in [0.717, 1.165) is 38.6 Å². The Hall–Kier alpha value is -1.53. The van der Waals surface area contributed by atoms with Crippen molar-refractivity contribution in [3.63, 3.8) is 0 Å². The molecular weight excluding hydrogens is 344 g/mol. The van der Waals surface area contributed by atoms with Crippen molar-refractivity contribution in [2.45, 2.75) is 109 Å². The van der Waals surface area contributed by atoms with Crippen molar-refractivity contribution in [3.05, 3.63) is 41.2 Å². The Morgan fingerprint density at radius 2 is 1.79 bits per heavy atom. The topological polar surface area (TPSA) is 27.8 Å². The standard InChI is InChI=1S/C25H40N2O/c1-6-8-10-11-12-23-22(26-5)18-19-27(23)21-16-14-20(15-17-21)25(3,4)24(28)13-9-7-2/h14-17,22-24,28H,6-13,18-19H2,1-4H3. The SMILES string of the molecule is [C-]#[N+]C1CCN(c2ccc(C(C)(C)C(O)CCCC)cc2)C1CCCCCC. The molecule has 3 heteroatoms. The maximum Gasteiger partial charge on any atom is 0.245 e. The molecule has 0 radical (unpaired) electrons. The van der Waals surface area contributed by atoms with Crippen molar-refractivity contribution < 1.29 is 5.11 Å². The van der Waals surface area contributed by atoms with Gasteiger partial charge in [-0.1, -0.05) is 78.4 Å². The largest absolute Gasteiger partial charge is 0.392 e. The molecule has 0 aliphatic carbocycles. The predicted molar refractivity (Wildman–Crippen MR) is 120 cm³/mol. The van der Waals surface area contributed by atoms with E-state index >= 15 is 0 Å². The summed E-state index contributed by atoms with van der Waals surface area (Å²) in [5.74, 6) is 0. The number of hydrogen-bond donors (Lipinski definition) is 1. The fourth-order valence-corrected chi connectivity index (χ4v) is 4.47. The maximum absolute atomic E-state index is 10.6. The molecule has 0 bridgehead atoms. The lowest BCUT2D eigenvalue weighted by atomic mass is 9.77. The number of aliphatic hydroxyl groups is 1. The van der Waals surface area contributed by atoms with E-state index in [1.807, 2.05) is 0 Å². The Kier molecular flexibility index (Phi) is 8.83. The molecule has 0 spiro atoms. The molecular formula is C25H40N2O. The summed E-state index contributed by atoms with van der Waals surface area (Å²) in [6.45, 7) is 17.3. The smallest absolute Gasteiger partial charge is 0.245 e. The summed E-state index contributed by atoms with van der Waals surface area (Å²) in [6, 6.07) is 9.26. The molecule has 1 aromatic carbocycles. The zero-order valence-corrected chi connectivity index (χ0v) is 18.5. The minimum Gasteiger partial charge on any atom is -0.392 e. The molecule has 0 aromatic heterocycles. The predicted octanol–water partition coefficient (Wildman–Crippen LogP) is 6.35. The first-order valence-electron chi connectivity index (χ1n) is 11.4. The highest BCUT2D eigenvalue weighted by atomic mass is 16.3. The molecule has 3 nitrogen and oxygen atoms in total. The van der Waals surface area contributed by atoms with Crippen LogP contribution in [-0.2, 0) is 5.41 Å². The number of aliphatic hydroxyl groups excluding tert-OH is 1. The van der Waals surface area contributed by atoms with Gasteiger partial charge < -0.3 is 14.9 Å². The average Bonchev–Trinajstić information content (AvgIpc) is 3.12. The summed E-state index contributed by atoms with van der Waals surface area (Å²) in [4.78, 5) is 6.38. The van der Waals surface area contributed by atoms with Crippen LogP contribution in [0.25, 0.3) is 4.85 Å². The minimum atomic E-state index is -0.317. The molecule has 1 saturated heterocycles. The van der Waals surface area contributed by atoms with Crippen LogP contribution in [-0.4, -0.2) is 29.8 Å². The van der Waals surface area contributed by atoms with Crippen molar-refractivity contribution in [3.8, 4) is 0 Å². The molecule has 0 amide bonds. The van der Waals surface area contributed by atoms with E-state index in [1.54, 1.807) is 0 Å². The summed E-state index contributed by atoms with van der Waals surface area (Å²) < 4.78 is 0. The van der Waals surface area contributed by atoms with E-state index in [9.17, 15) is 5.11 Å². The number of hydrogen-bond acceptors (Lipinski definition) is 2. The summed E-state index contributed by atoms with van der Waals surface area (Å²) in [5.41, 5.74) is 2.19. The van der Waals surface area contributed by atoms with E-state index in [0.29, 0.717) is 6.04 Å². The van der Waals surface area contributed by atoms with Crippen LogP contribution in [0.2, 0.25) is 0 Å². The van der Waals surface area contributed by atoms with Gasteiger partial charge in [0.15, 0.2) is 0 Å². The summed E-state index contributed by atoms with van der Waals surface area (Å²) in [7, 11) is 0. The number of unbranched alkanes of at least 4 members (excludes halogenated alkanes) is 4. The van der Waals surface area contributed by atoms with Crippen LogP contribution >= 0.6 is 0 Å². The van der Waals surface area contributed by atoms with Gasteiger partial charge in [0.2, 0.25) is 6.04 Å². The second kappa shape index (κ2) is 10.9. The van der Waals surface area contributed by atoms with E-state index < -0.39 is 0 Å². The second-order valence-electron chi connectivity index (χ2n) is 9.02. The van der Waals surface area contributed by atoms with Gasteiger partial charge >= 0.3 is 0 Å². The van der Waals surface area contributed by atoms with Gasteiger partial charge in [0, 0.05) is 24.1 Å². The zero-order valence-electron chi connectivity index (χ0n) is 18.5. The van der Waals surface area contributed by atoms with Crippen molar-refractivity contribution in [1.29, 1.82) is 0 Å². The molecule has 2 rings (SSSR count). The second-order valence-corrected chi connectivity index (χ2v) is 9.02. The summed E-state index contributed by atoms with van der Waals surface area (Å²) in [6.07, 6.45) is 9.84. The van der Waals surface area contributed by atoms with Gasteiger partial charge in [0.25, 0.3) is 0 Å². The first kappa shape index (κ1) is 22.8. The first-order valence-corrected chi connectivity index (χ1v) is 11.4. The summed E-state index contributed by atoms with van der Waals surface area (Å²) in [5, 5.41) is 10.6. The van der Waals surface area contributed by atoms with Gasteiger partial charge in [-0.15, -0.1) is 0 Å². The van der Waals surface area contributed by atoms with E-state index in [-0.39, 0.29) is 17.6 Å². The van der Waals surface area contributed by atoms with Crippen LogP contribution in [0.1, 0.15) is 91.0 Å². The number of benzene rings is 1. The molecule has 156 valence electrons. The van der Waals surface area contributed by atoms with E-state index in [1.165, 1.54) is 36.9 Å². The quantitative estimate of drug-likeness (QED) is 0.355. The zero-order chi connectivity index (χ0) is 20.6. The van der Waals surface area contributed by atoms with Gasteiger partial charge in [-0.25, -0.2) is 6.57 Å². The van der Waals surface area contributed by atoms with Crippen molar-refractivity contribution in [1.82, 2.24) is 0 Å². The molecule has 1 fully saturated rings. The molecule has 28 heavy (non-hydrogen) atoms. The Balaban J connectivity index is 2.09. The lowest BCUT2D eigenvalue weighted by Gasteiger charge is -2.32. The third kappa shape index (κ3) is 5.51.